The quantitative estimate of drug-likeness (QED) is 0.484. The van der Waals surface area contributed by atoms with Crippen LogP contribution in [0.4, 0.5) is 8.78 Å². The first-order valence-corrected chi connectivity index (χ1v) is 11.8. The Kier molecular flexibility index (Phi) is 6.36. The second-order valence-electron chi connectivity index (χ2n) is 9.35. The highest BCUT2D eigenvalue weighted by molar-refractivity contribution is 7.97. The molecule has 7 heteroatoms. The van der Waals surface area contributed by atoms with Crippen LogP contribution in [0.1, 0.15) is 61.5 Å². The topological polar surface area (TPSA) is 49.8 Å². The average Bonchev–Trinajstić information content (AvgIpc) is 2.75. The standard InChI is InChI=1S/C25H29F2NO3S/c1-16-9-10-22(17-7-5-4-6-8-17)32-28(16)13-18-11-21(27)19(12-20(18)26)25(23(29)31-3)14-24(2,30)15-25/h4-8,11-12,16,22,30H,9-10,13-15H2,1-3H3/t16-,22+,24?,25?/m0/s1. The summed E-state index contributed by atoms with van der Waals surface area (Å²) in [7, 11) is 1.22. The van der Waals surface area contributed by atoms with Crippen LogP contribution in [-0.4, -0.2) is 34.1 Å². The van der Waals surface area contributed by atoms with E-state index in [1.54, 1.807) is 18.9 Å². The Morgan fingerprint density at radius 2 is 1.88 bits per heavy atom. The minimum Gasteiger partial charge on any atom is -0.468 e. The second-order valence-corrected chi connectivity index (χ2v) is 10.6. The number of carbonyl (C=O) groups is 1. The normalized spacial score (nSPS) is 30.6. The van der Waals surface area contributed by atoms with Crippen LogP contribution in [0.25, 0.3) is 0 Å². The Hall–Kier alpha value is -1.96. The van der Waals surface area contributed by atoms with Crippen LogP contribution >= 0.6 is 11.9 Å². The number of carbonyl (C=O) groups excluding carboxylic acids is 1. The van der Waals surface area contributed by atoms with Crippen LogP contribution in [0, 0.1) is 11.6 Å². The third-order valence-electron chi connectivity index (χ3n) is 6.69. The van der Waals surface area contributed by atoms with Gasteiger partial charge in [0.2, 0.25) is 0 Å². The van der Waals surface area contributed by atoms with Crippen molar-refractivity contribution in [2.75, 3.05) is 7.11 Å². The van der Waals surface area contributed by atoms with E-state index in [0.29, 0.717) is 0 Å². The number of rotatable bonds is 5. The molecule has 32 heavy (non-hydrogen) atoms. The monoisotopic (exact) mass is 461 g/mol. The van der Waals surface area contributed by atoms with Crippen molar-refractivity contribution in [3.8, 4) is 0 Å². The van der Waals surface area contributed by atoms with Crippen molar-refractivity contribution in [2.45, 2.75) is 68.4 Å². The number of hydrogen-bond donors (Lipinski definition) is 1. The molecule has 1 heterocycles. The van der Waals surface area contributed by atoms with Gasteiger partial charge in [0, 0.05) is 29.0 Å². The van der Waals surface area contributed by atoms with Gasteiger partial charge in [0.1, 0.15) is 17.0 Å². The molecule has 2 atom stereocenters. The Balaban J connectivity index is 1.57. The van der Waals surface area contributed by atoms with Gasteiger partial charge in [0.05, 0.1) is 12.7 Å². The summed E-state index contributed by atoms with van der Waals surface area (Å²) in [5.41, 5.74) is -1.02. The predicted octanol–water partition coefficient (Wildman–Crippen LogP) is 5.29. The molecule has 4 nitrogen and oxygen atoms in total. The van der Waals surface area contributed by atoms with Crippen LogP contribution in [-0.2, 0) is 21.5 Å². The van der Waals surface area contributed by atoms with E-state index >= 15 is 8.78 Å². The number of halogens is 2. The molecule has 0 spiro atoms. The Morgan fingerprint density at radius 3 is 2.50 bits per heavy atom. The predicted molar refractivity (Wildman–Crippen MR) is 121 cm³/mol. The van der Waals surface area contributed by atoms with Gasteiger partial charge >= 0.3 is 5.97 Å². The summed E-state index contributed by atoms with van der Waals surface area (Å²) in [6.45, 7) is 3.94. The fraction of sp³-hybridized carbons (Fsp3) is 0.480. The zero-order valence-corrected chi connectivity index (χ0v) is 19.4. The van der Waals surface area contributed by atoms with Gasteiger partial charge in [-0.2, -0.15) is 0 Å². The Bertz CT molecular complexity index is 990. The number of hydrogen-bond acceptors (Lipinski definition) is 5. The molecular formula is C25H29F2NO3S. The maximum absolute atomic E-state index is 15.2. The number of esters is 1. The minimum absolute atomic E-state index is 0.000145. The fourth-order valence-corrected chi connectivity index (χ4v) is 6.45. The largest absolute Gasteiger partial charge is 0.468 e. The zero-order chi connectivity index (χ0) is 23.1. The van der Waals surface area contributed by atoms with E-state index in [1.165, 1.54) is 18.7 Å². The van der Waals surface area contributed by atoms with Crippen LogP contribution in [0.3, 0.4) is 0 Å². The van der Waals surface area contributed by atoms with Crippen molar-refractivity contribution in [1.82, 2.24) is 4.31 Å². The molecule has 1 saturated carbocycles. The Labute approximate surface area is 192 Å². The summed E-state index contributed by atoms with van der Waals surface area (Å²) in [5.74, 6) is -1.84. The lowest BCUT2D eigenvalue weighted by atomic mass is 9.56. The highest BCUT2D eigenvalue weighted by Crippen LogP contribution is 2.52. The molecule has 1 N–H and O–H groups in total. The SMILES string of the molecule is COC(=O)C1(c2cc(F)c(CN3S[C@@H](c4ccccc4)CC[C@@H]3C)cc2F)CC(C)(O)C1. The van der Waals surface area contributed by atoms with E-state index in [-0.39, 0.29) is 41.8 Å². The van der Waals surface area contributed by atoms with Gasteiger partial charge in [-0.05, 0) is 57.2 Å². The summed E-state index contributed by atoms with van der Waals surface area (Å²) in [4.78, 5) is 12.4. The van der Waals surface area contributed by atoms with Crippen molar-refractivity contribution < 1.29 is 23.4 Å². The number of ether oxygens (including phenoxy) is 1. The van der Waals surface area contributed by atoms with Gasteiger partial charge in [0.15, 0.2) is 0 Å². The third-order valence-corrected chi connectivity index (χ3v) is 8.21. The van der Waals surface area contributed by atoms with E-state index in [4.69, 9.17) is 4.74 Å². The van der Waals surface area contributed by atoms with Crippen molar-refractivity contribution in [2.24, 2.45) is 0 Å². The number of methoxy groups -OCH3 is 1. The zero-order valence-electron chi connectivity index (χ0n) is 18.6. The molecule has 0 aromatic heterocycles. The van der Waals surface area contributed by atoms with Gasteiger partial charge < -0.3 is 9.84 Å². The fourth-order valence-electron chi connectivity index (χ4n) is 5.08. The molecule has 2 fully saturated rings. The molecule has 4 rings (SSSR count). The molecule has 0 unspecified atom stereocenters. The number of aliphatic hydroxyl groups is 1. The lowest BCUT2D eigenvalue weighted by molar-refractivity contribution is -0.166. The molecule has 1 aliphatic heterocycles. The molecule has 2 aromatic carbocycles. The maximum Gasteiger partial charge on any atom is 0.316 e. The highest BCUT2D eigenvalue weighted by atomic mass is 32.2. The van der Waals surface area contributed by atoms with Gasteiger partial charge in [0.25, 0.3) is 0 Å². The summed E-state index contributed by atoms with van der Waals surface area (Å²) in [5, 5.41) is 10.5. The molecular weight excluding hydrogens is 432 g/mol. The highest BCUT2D eigenvalue weighted by Gasteiger charge is 2.59. The molecule has 2 aromatic rings. The number of benzene rings is 2. The van der Waals surface area contributed by atoms with Gasteiger partial charge in [-0.25, -0.2) is 13.1 Å². The van der Waals surface area contributed by atoms with E-state index < -0.39 is 28.6 Å². The third kappa shape index (κ3) is 4.30. The van der Waals surface area contributed by atoms with Crippen molar-refractivity contribution in [3.63, 3.8) is 0 Å². The van der Waals surface area contributed by atoms with Gasteiger partial charge in [-0.3, -0.25) is 4.79 Å². The lowest BCUT2D eigenvalue weighted by Crippen LogP contribution is -2.58. The molecule has 0 radical (unpaired) electrons. The minimum atomic E-state index is -1.35. The first-order chi connectivity index (χ1) is 15.1. The van der Waals surface area contributed by atoms with Crippen molar-refractivity contribution in [1.29, 1.82) is 0 Å². The molecule has 2 aliphatic rings. The van der Waals surface area contributed by atoms with Crippen molar-refractivity contribution in [3.05, 3.63) is 70.8 Å². The van der Waals surface area contributed by atoms with Crippen LogP contribution < -0.4 is 0 Å². The van der Waals surface area contributed by atoms with Gasteiger partial charge in [-0.1, -0.05) is 42.3 Å². The lowest BCUT2D eigenvalue weighted by Gasteiger charge is -2.49. The summed E-state index contributed by atoms with van der Waals surface area (Å²) < 4.78 is 37.4. The van der Waals surface area contributed by atoms with Crippen LogP contribution in [0.2, 0.25) is 0 Å². The van der Waals surface area contributed by atoms with Crippen molar-refractivity contribution >= 4 is 17.9 Å². The molecule has 0 bridgehead atoms. The smallest absolute Gasteiger partial charge is 0.316 e. The van der Waals surface area contributed by atoms with E-state index in [1.807, 2.05) is 18.2 Å². The maximum atomic E-state index is 15.2. The summed E-state index contributed by atoms with van der Waals surface area (Å²) in [6.07, 6.45) is 2.00. The summed E-state index contributed by atoms with van der Waals surface area (Å²) in [6, 6.07) is 12.8. The second kappa shape index (κ2) is 8.76. The number of nitrogens with zero attached hydrogens (tertiary/aromatic N) is 1. The van der Waals surface area contributed by atoms with Gasteiger partial charge in [-0.15, -0.1) is 0 Å². The van der Waals surface area contributed by atoms with Crippen LogP contribution in [0.15, 0.2) is 42.5 Å². The molecule has 1 saturated heterocycles. The Morgan fingerprint density at radius 1 is 1.19 bits per heavy atom. The first kappa shape index (κ1) is 23.2. The molecule has 172 valence electrons. The van der Waals surface area contributed by atoms with E-state index in [9.17, 15) is 9.90 Å². The average molecular weight is 462 g/mol. The summed E-state index contributed by atoms with van der Waals surface area (Å²) >= 11 is 1.67. The van der Waals surface area contributed by atoms with E-state index in [0.717, 1.165) is 18.9 Å². The van der Waals surface area contributed by atoms with Crippen LogP contribution in [0.5, 0.6) is 0 Å². The molecule has 1 aliphatic carbocycles. The molecule has 0 amide bonds. The van der Waals surface area contributed by atoms with E-state index in [2.05, 4.69) is 23.4 Å². The first-order valence-electron chi connectivity index (χ1n) is 10.9.